The van der Waals surface area contributed by atoms with E-state index < -0.39 is 0 Å². The lowest BCUT2D eigenvalue weighted by Crippen LogP contribution is -2.29. The van der Waals surface area contributed by atoms with Crippen molar-refractivity contribution >= 4 is 5.78 Å². The van der Waals surface area contributed by atoms with Gasteiger partial charge in [-0.15, -0.1) is 0 Å². The van der Waals surface area contributed by atoms with Gasteiger partial charge in [0.15, 0.2) is 0 Å². The standard InChI is InChI=1S/C15H27NO/c1-3-5-6-11(4-2)9-15(17)13-10-12-7-8-14(13)16-12/h11-14,16H,3-10H2,1-2H3. The van der Waals surface area contributed by atoms with Gasteiger partial charge in [-0.05, 0) is 25.2 Å². The second-order valence-corrected chi connectivity index (χ2v) is 5.98. The van der Waals surface area contributed by atoms with Crippen LogP contribution in [0, 0.1) is 11.8 Å². The van der Waals surface area contributed by atoms with Gasteiger partial charge in [-0.2, -0.15) is 0 Å². The summed E-state index contributed by atoms with van der Waals surface area (Å²) >= 11 is 0. The zero-order valence-electron chi connectivity index (χ0n) is 11.4. The highest BCUT2D eigenvalue weighted by Crippen LogP contribution is 2.35. The highest BCUT2D eigenvalue weighted by Gasteiger charge is 2.42. The third-order valence-electron chi connectivity index (χ3n) is 4.75. The number of nitrogens with one attached hydrogen (secondary N) is 1. The average Bonchev–Trinajstić information content (AvgIpc) is 2.96. The molecule has 0 saturated carbocycles. The van der Waals surface area contributed by atoms with Gasteiger partial charge in [0.25, 0.3) is 0 Å². The van der Waals surface area contributed by atoms with Crippen LogP contribution in [0.2, 0.25) is 0 Å². The van der Waals surface area contributed by atoms with E-state index in [4.69, 9.17) is 0 Å². The Kier molecular flexibility index (Phi) is 4.61. The van der Waals surface area contributed by atoms with E-state index in [-0.39, 0.29) is 0 Å². The Bertz CT molecular complexity index is 264. The van der Waals surface area contributed by atoms with Crippen molar-refractivity contribution in [3.63, 3.8) is 0 Å². The molecule has 2 nitrogen and oxygen atoms in total. The Hall–Kier alpha value is -0.370. The van der Waals surface area contributed by atoms with E-state index >= 15 is 0 Å². The summed E-state index contributed by atoms with van der Waals surface area (Å²) in [7, 11) is 0. The molecule has 0 aromatic carbocycles. The summed E-state index contributed by atoms with van der Waals surface area (Å²) < 4.78 is 0. The molecule has 0 aliphatic carbocycles. The molecule has 1 N–H and O–H groups in total. The first-order chi connectivity index (χ1) is 8.24. The maximum Gasteiger partial charge on any atom is 0.137 e. The van der Waals surface area contributed by atoms with Crippen LogP contribution in [0.25, 0.3) is 0 Å². The smallest absolute Gasteiger partial charge is 0.137 e. The van der Waals surface area contributed by atoms with Crippen molar-refractivity contribution in [1.29, 1.82) is 0 Å². The van der Waals surface area contributed by atoms with Gasteiger partial charge < -0.3 is 5.32 Å². The quantitative estimate of drug-likeness (QED) is 0.736. The Morgan fingerprint density at radius 2 is 2.18 bits per heavy atom. The molecule has 2 saturated heterocycles. The van der Waals surface area contributed by atoms with Crippen LogP contribution in [0.4, 0.5) is 0 Å². The predicted octanol–water partition coefficient (Wildman–Crippen LogP) is 3.30. The minimum absolute atomic E-state index is 0.351. The molecule has 0 amide bonds. The Balaban J connectivity index is 1.79. The first-order valence-electron chi connectivity index (χ1n) is 7.53. The highest BCUT2D eigenvalue weighted by molar-refractivity contribution is 5.82. The molecule has 4 unspecified atom stereocenters. The van der Waals surface area contributed by atoms with Crippen LogP contribution in [-0.4, -0.2) is 17.9 Å². The molecule has 98 valence electrons. The molecule has 0 aromatic rings. The van der Waals surface area contributed by atoms with Gasteiger partial charge in [0.2, 0.25) is 0 Å². The van der Waals surface area contributed by atoms with Crippen LogP contribution < -0.4 is 5.32 Å². The molecule has 0 radical (unpaired) electrons. The minimum atomic E-state index is 0.351. The van der Waals surface area contributed by atoms with Crippen molar-refractivity contribution in [2.75, 3.05) is 0 Å². The minimum Gasteiger partial charge on any atom is -0.310 e. The van der Waals surface area contributed by atoms with Crippen molar-refractivity contribution in [1.82, 2.24) is 5.32 Å². The number of carbonyl (C=O) groups is 1. The molecular formula is C15H27NO. The third-order valence-corrected chi connectivity index (χ3v) is 4.75. The fourth-order valence-corrected chi connectivity index (χ4v) is 3.56. The molecule has 0 aromatic heterocycles. The van der Waals surface area contributed by atoms with Crippen LogP contribution in [0.3, 0.4) is 0 Å². The summed E-state index contributed by atoms with van der Waals surface area (Å²) in [5.41, 5.74) is 0. The molecule has 2 heteroatoms. The summed E-state index contributed by atoms with van der Waals surface area (Å²) in [5.74, 6) is 1.54. The SMILES string of the molecule is CCCCC(CC)CC(=O)C1CC2CCC1N2. The van der Waals surface area contributed by atoms with Gasteiger partial charge in [0.1, 0.15) is 5.78 Å². The molecule has 2 heterocycles. The lowest BCUT2D eigenvalue weighted by atomic mass is 9.81. The normalized spacial score (nSPS) is 32.9. The van der Waals surface area contributed by atoms with Crippen molar-refractivity contribution in [2.24, 2.45) is 11.8 Å². The number of hydrogen-bond acceptors (Lipinski definition) is 2. The molecule has 2 rings (SSSR count). The van der Waals surface area contributed by atoms with E-state index in [1.807, 2.05) is 0 Å². The largest absolute Gasteiger partial charge is 0.310 e. The zero-order valence-corrected chi connectivity index (χ0v) is 11.4. The Morgan fingerprint density at radius 1 is 1.35 bits per heavy atom. The maximum atomic E-state index is 12.3. The number of rotatable bonds is 7. The number of carbonyl (C=O) groups excluding carboxylic acids is 1. The molecule has 2 fully saturated rings. The fraction of sp³-hybridized carbons (Fsp3) is 0.933. The van der Waals surface area contributed by atoms with E-state index in [0.29, 0.717) is 29.7 Å². The Labute approximate surface area is 106 Å². The summed E-state index contributed by atoms with van der Waals surface area (Å²) in [5, 5.41) is 3.57. The van der Waals surface area contributed by atoms with Crippen LogP contribution in [0.5, 0.6) is 0 Å². The number of ketones is 1. The van der Waals surface area contributed by atoms with Gasteiger partial charge in [0, 0.05) is 24.4 Å². The van der Waals surface area contributed by atoms with E-state index in [2.05, 4.69) is 19.2 Å². The summed E-state index contributed by atoms with van der Waals surface area (Å²) in [6.45, 7) is 4.46. The maximum absolute atomic E-state index is 12.3. The van der Waals surface area contributed by atoms with Crippen LogP contribution in [0.15, 0.2) is 0 Å². The first-order valence-corrected chi connectivity index (χ1v) is 7.53. The molecule has 4 atom stereocenters. The van der Waals surface area contributed by atoms with Crippen LogP contribution in [-0.2, 0) is 4.79 Å². The number of unbranched alkanes of at least 4 members (excludes halogenated alkanes) is 1. The van der Waals surface area contributed by atoms with Crippen molar-refractivity contribution in [3.8, 4) is 0 Å². The number of Topliss-reactive ketones (excluding diaryl/α,β-unsaturated/α-hetero) is 1. The van der Waals surface area contributed by atoms with E-state index in [1.54, 1.807) is 0 Å². The summed E-state index contributed by atoms with van der Waals surface area (Å²) in [4.78, 5) is 12.3. The van der Waals surface area contributed by atoms with Crippen molar-refractivity contribution in [3.05, 3.63) is 0 Å². The van der Waals surface area contributed by atoms with E-state index in [1.165, 1.54) is 38.5 Å². The molecule has 2 aliphatic rings. The van der Waals surface area contributed by atoms with Crippen LogP contribution in [0.1, 0.15) is 65.2 Å². The summed E-state index contributed by atoms with van der Waals surface area (Å²) in [6.07, 6.45) is 9.42. The number of fused-ring (bicyclic) bond motifs is 2. The van der Waals surface area contributed by atoms with Gasteiger partial charge >= 0.3 is 0 Å². The van der Waals surface area contributed by atoms with E-state index in [0.717, 1.165) is 12.8 Å². The molecule has 2 bridgehead atoms. The van der Waals surface area contributed by atoms with Gasteiger partial charge in [-0.3, -0.25) is 4.79 Å². The average molecular weight is 237 g/mol. The molecular weight excluding hydrogens is 210 g/mol. The first kappa shape index (κ1) is 13.1. The molecule has 2 aliphatic heterocycles. The van der Waals surface area contributed by atoms with Crippen molar-refractivity contribution in [2.45, 2.75) is 77.3 Å². The predicted molar refractivity (Wildman–Crippen MR) is 71.0 cm³/mol. The second kappa shape index (κ2) is 5.99. The van der Waals surface area contributed by atoms with Crippen LogP contribution >= 0.6 is 0 Å². The molecule has 17 heavy (non-hydrogen) atoms. The monoisotopic (exact) mass is 237 g/mol. The van der Waals surface area contributed by atoms with Gasteiger partial charge in [-0.1, -0.05) is 39.5 Å². The lowest BCUT2D eigenvalue weighted by Gasteiger charge is -2.21. The van der Waals surface area contributed by atoms with Gasteiger partial charge in [-0.25, -0.2) is 0 Å². The topological polar surface area (TPSA) is 29.1 Å². The van der Waals surface area contributed by atoms with Crippen molar-refractivity contribution < 1.29 is 4.79 Å². The highest BCUT2D eigenvalue weighted by atomic mass is 16.1. The molecule has 0 spiro atoms. The zero-order chi connectivity index (χ0) is 12.3. The Morgan fingerprint density at radius 3 is 2.71 bits per heavy atom. The third kappa shape index (κ3) is 3.09. The van der Waals surface area contributed by atoms with E-state index in [9.17, 15) is 4.79 Å². The van der Waals surface area contributed by atoms with Gasteiger partial charge in [0.05, 0.1) is 0 Å². The fourth-order valence-electron chi connectivity index (χ4n) is 3.56. The lowest BCUT2D eigenvalue weighted by molar-refractivity contribution is -0.124. The second-order valence-electron chi connectivity index (χ2n) is 5.98. The number of hydrogen-bond donors (Lipinski definition) is 1. The summed E-state index contributed by atoms with van der Waals surface area (Å²) in [6, 6.07) is 1.18.